The number of rotatable bonds is 1. The van der Waals surface area contributed by atoms with Crippen LogP contribution in [0.5, 0.6) is 0 Å². The van der Waals surface area contributed by atoms with E-state index in [-0.39, 0.29) is 5.78 Å². The molecular formula is C16H18ClN3O2. The van der Waals surface area contributed by atoms with Crippen molar-refractivity contribution in [3.05, 3.63) is 39.8 Å². The number of nitrogens with one attached hydrogen (secondary N) is 1. The van der Waals surface area contributed by atoms with Crippen molar-refractivity contribution in [2.45, 2.75) is 26.7 Å². The molecule has 1 aromatic rings. The summed E-state index contributed by atoms with van der Waals surface area (Å²) in [6.45, 7) is 4.45. The van der Waals surface area contributed by atoms with Crippen LogP contribution in [0.15, 0.2) is 22.8 Å². The number of Topliss-reactive ketones (excluding diaryl/α,β-unsaturated/α-hetero) is 1. The minimum Gasteiger partial charge on any atom is -0.468 e. The highest BCUT2D eigenvalue weighted by atomic mass is 35.5. The molecule has 1 atom stereocenters. The number of fused-ring (bicyclic) bond motifs is 1. The molecule has 5 nitrogen and oxygen atoms in total. The quantitative estimate of drug-likeness (QED) is 0.808. The third-order valence-corrected chi connectivity index (χ3v) is 4.71. The van der Waals surface area contributed by atoms with Crippen molar-refractivity contribution in [1.82, 2.24) is 10.3 Å². The zero-order valence-corrected chi connectivity index (χ0v) is 13.6. The fourth-order valence-electron chi connectivity index (χ4n) is 3.11. The number of hydrogen-bond donors (Lipinski definition) is 1. The highest BCUT2D eigenvalue weighted by molar-refractivity contribution is 6.29. The number of ether oxygens (including phenoxy) is 1. The minimum atomic E-state index is -0.566. The van der Waals surface area contributed by atoms with Gasteiger partial charge in [-0.1, -0.05) is 11.6 Å². The minimum absolute atomic E-state index is 0.0968. The Morgan fingerprint density at radius 2 is 2.23 bits per heavy atom. The number of aromatic nitrogens is 1. The van der Waals surface area contributed by atoms with Crippen molar-refractivity contribution in [3.63, 3.8) is 0 Å². The Bertz CT molecular complexity index is 712. The van der Waals surface area contributed by atoms with Crippen molar-refractivity contribution in [1.29, 1.82) is 0 Å². The van der Waals surface area contributed by atoms with Gasteiger partial charge in [0.1, 0.15) is 5.15 Å². The molecule has 6 heteroatoms. The topological polar surface area (TPSA) is 63.6 Å². The van der Waals surface area contributed by atoms with Gasteiger partial charge in [0.2, 0.25) is 0 Å². The average molecular weight is 320 g/mol. The monoisotopic (exact) mass is 319 g/mol. The lowest BCUT2D eigenvalue weighted by Crippen LogP contribution is -2.42. The summed E-state index contributed by atoms with van der Waals surface area (Å²) in [6.07, 6.45) is 3.19. The van der Waals surface area contributed by atoms with Gasteiger partial charge in [0.05, 0.1) is 18.2 Å². The van der Waals surface area contributed by atoms with Crippen LogP contribution in [0.25, 0.3) is 0 Å². The van der Waals surface area contributed by atoms with Crippen molar-refractivity contribution in [3.8, 4) is 0 Å². The largest absolute Gasteiger partial charge is 0.468 e. The molecule has 0 bridgehead atoms. The maximum atomic E-state index is 13.1. The first-order valence-corrected chi connectivity index (χ1v) is 7.59. The Hall–Kier alpha value is -1.88. The van der Waals surface area contributed by atoms with Crippen molar-refractivity contribution in [2.24, 2.45) is 10.4 Å². The molecule has 0 amide bonds. The van der Waals surface area contributed by atoms with Gasteiger partial charge in [-0.25, -0.2) is 9.98 Å². The molecule has 0 spiro atoms. The van der Waals surface area contributed by atoms with Gasteiger partial charge in [0.15, 0.2) is 5.78 Å². The van der Waals surface area contributed by atoms with Crippen LogP contribution in [0.1, 0.15) is 35.0 Å². The molecule has 22 heavy (non-hydrogen) atoms. The van der Waals surface area contributed by atoms with Crippen LogP contribution in [-0.4, -0.2) is 30.4 Å². The molecule has 1 unspecified atom stereocenters. The lowest BCUT2D eigenvalue weighted by molar-refractivity contribution is 0.0827. The van der Waals surface area contributed by atoms with Gasteiger partial charge < -0.3 is 10.1 Å². The van der Waals surface area contributed by atoms with E-state index < -0.39 is 5.41 Å². The maximum Gasteiger partial charge on any atom is 0.289 e. The first-order valence-electron chi connectivity index (χ1n) is 7.21. The van der Waals surface area contributed by atoms with Crippen LogP contribution in [-0.2, 0) is 11.2 Å². The second-order valence-electron chi connectivity index (χ2n) is 5.89. The second-order valence-corrected chi connectivity index (χ2v) is 6.28. The highest BCUT2D eigenvalue weighted by Gasteiger charge is 2.43. The van der Waals surface area contributed by atoms with Crippen LogP contribution in [0.4, 0.5) is 0 Å². The van der Waals surface area contributed by atoms with Crippen LogP contribution >= 0.6 is 11.6 Å². The summed E-state index contributed by atoms with van der Waals surface area (Å²) in [6, 6.07) is 2.22. The van der Waals surface area contributed by atoms with E-state index in [0.717, 1.165) is 23.3 Å². The first-order chi connectivity index (χ1) is 10.5. The fourth-order valence-corrected chi connectivity index (χ4v) is 3.38. The number of methoxy groups -OCH3 is 1. The zero-order chi connectivity index (χ0) is 15.9. The Kier molecular flexibility index (Phi) is 3.68. The SMILES string of the molecule is COC1=NC=C(C2(C)CCc3nc(Cl)cc(C)c3C2=O)CN1. The number of carbonyl (C=O) groups is 1. The number of carbonyl (C=O) groups excluding carboxylic acids is 1. The number of aryl methyl sites for hydroxylation is 2. The smallest absolute Gasteiger partial charge is 0.289 e. The summed E-state index contributed by atoms with van der Waals surface area (Å²) in [7, 11) is 1.56. The van der Waals surface area contributed by atoms with E-state index in [2.05, 4.69) is 15.3 Å². The number of ketones is 1. The lowest BCUT2D eigenvalue weighted by atomic mass is 9.67. The number of nitrogens with zero attached hydrogens (tertiary/aromatic N) is 2. The number of aliphatic imine (C=N–C) groups is 1. The van der Waals surface area contributed by atoms with Crippen LogP contribution in [0, 0.1) is 12.3 Å². The van der Waals surface area contributed by atoms with Gasteiger partial charge in [-0.05, 0) is 43.9 Å². The van der Waals surface area contributed by atoms with Gasteiger partial charge in [-0.2, -0.15) is 0 Å². The Morgan fingerprint density at radius 1 is 1.45 bits per heavy atom. The third kappa shape index (κ3) is 2.29. The highest BCUT2D eigenvalue weighted by Crippen LogP contribution is 2.42. The molecule has 0 saturated heterocycles. The molecule has 116 valence electrons. The van der Waals surface area contributed by atoms with Crippen LogP contribution < -0.4 is 5.32 Å². The van der Waals surface area contributed by atoms with E-state index in [9.17, 15) is 4.79 Å². The Labute approximate surface area is 134 Å². The Balaban J connectivity index is 2.02. The molecule has 1 aliphatic carbocycles. The van der Waals surface area contributed by atoms with E-state index in [0.29, 0.717) is 29.7 Å². The molecule has 2 aliphatic rings. The van der Waals surface area contributed by atoms with E-state index in [4.69, 9.17) is 16.3 Å². The number of hydrogen-bond acceptors (Lipinski definition) is 5. The van der Waals surface area contributed by atoms with Crippen molar-refractivity contribution < 1.29 is 9.53 Å². The van der Waals surface area contributed by atoms with Gasteiger partial charge in [-0.15, -0.1) is 0 Å². The Morgan fingerprint density at radius 3 is 2.86 bits per heavy atom. The fraction of sp³-hybridized carbons (Fsp3) is 0.438. The predicted octanol–water partition coefficient (Wildman–Crippen LogP) is 2.67. The van der Waals surface area contributed by atoms with Crippen molar-refractivity contribution >= 4 is 23.4 Å². The van der Waals surface area contributed by atoms with Crippen LogP contribution in [0.2, 0.25) is 5.15 Å². The van der Waals surface area contributed by atoms with E-state index in [1.54, 1.807) is 19.4 Å². The van der Waals surface area contributed by atoms with E-state index in [1.165, 1.54) is 0 Å². The molecular weight excluding hydrogens is 302 g/mol. The molecule has 0 saturated carbocycles. The summed E-state index contributed by atoms with van der Waals surface area (Å²) in [5, 5.41) is 3.53. The number of halogens is 1. The molecule has 1 aromatic heterocycles. The normalized spacial score (nSPS) is 24.1. The molecule has 0 aromatic carbocycles. The molecule has 2 heterocycles. The molecule has 1 N–H and O–H groups in total. The van der Waals surface area contributed by atoms with Gasteiger partial charge in [0.25, 0.3) is 6.02 Å². The van der Waals surface area contributed by atoms with E-state index >= 15 is 0 Å². The summed E-state index contributed by atoms with van der Waals surface area (Å²) in [5.74, 6) is 0.0968. The average Bonchev–Trinajstić information content (AvgIpc) is 2.50. The summed E-state index contributed by atoms with van der Waals surface area (Å²) < 4.78 is 5.06. The van der Waals surface area contributed by atoms with Gasteiger partial charge in [-0.3, -0.25) is 4.79 Å². The van der Waals surface area contributed by atoms with E-state index in [1.807, 2.05) is 13.8 Å². The summed E-state index contributed by atoms with van der Waals surface area (Å²) in [4.78, 5) is 21.6. The standard InChI is InChI=1S/C16H18ClN3O2/c1-9-6-12(17)20-11-4-5-16(2,14(21)13(9)11)10-7-18-15(22-3)19-8-10/h6-7H,4-5,8H2,1-3H3,(H,18,19). The number of amidine groups is 1. The first kappa shape index (κ1) is 15.0. The molecule has 0 fully saturated rings. The number of pyridine rings is 1. The molecule has 0 radical (unpaired) electrons. The van der Waals surface area contributed by atoms with Gasteiger partial charge in [0, 0.05) is 18.3 Å². The molecule has 1 aliphatic heterocycles. The van der Waals surface area contributed by atoms with Crippen molar-refractivity contribution in [2.75, 3.05) is 13.7 Å². The van der Waals surface area contributed by atoms with Crippen LogP contribution in [0.3, 0.4) is 0 Å². The molecule has 3 rings (SSSR count). The predicted molar refractivity (Wildman–Crippen MR) is 85.3 cm³/mol. The summed E-state index contributed by atoms with van der Waals surface area (Å²) in [5.41, 5.74) is 2.80. The third-order valence-electron chi connectivity index (χ3n) is 4.52. The summed E-state index contributed by atoms with van der Waals surface area (Å²) >= 11 is 6.01. The van der Waals surface area contributed by atoms with Gasteiger partial charge >= 0.3 is 0 Å². The lowest BCUT2D eigenvalue weighted by Gasteiger charge is -2.36. The second kappa shape index (κ2) is 5.39. The maximum absolute atomic E-state index is 13.1. The zero-order valence-electron chi connectivity index (χ0n) is 12.9.